The van der Waals surface area contributed by atoms with Gasteiger partial charge in [0.05, 0.1) is 5.92 Å². The van der Waals surface area contributed by atoms with E-state index in [-0.39, 0.29) is 18.3 Å². The van der Waals surface area contributed by atoms with Gasteiger partial charge in [-0.25, -0.2) is 0 Å². The molecule has 1 aromatic heterocycles. The van der Waals surface area contributed by atoms with Gasteiger partial charge in [-0.05, 0) is 37.1 Å². The summed E-state index contributed by atoms with van der Waals surface area (Å²) in [6, 6.07) is 6.46. The van der Waals surface area contributed by atoms with E-state index in [9.17, 15) is 18.0 Å². The van der Waals surface area contributed by atoms with Crippen LogP contribution in [-0.4, -0.2) is 34.1 Å². The number of hydrogen-bond acceptors (Lipinski definition) is 4. The molecule has 1 aliphatic heterocycles. The lowest BCUT2D eigenvalue weighted by atomic mass is 9.97. The predicted molar refractivity (Wildman–Crippen MR) is 78.6 cm³/mol. The Balaban J connectivity index is 1.73. The molecule has 5 nitrogen and oxygen atoms in total. The first kappa shape index (κ1) is 16.8. The zero-order valence-corrected chi connectivity index (χ0v) is 13.1. The van der Waals surface area contributed by atoms with Gasteiger partial charge >= 0.3 is 12.1 Å². The maximum Gasteiger partial charge on any atom is 0.470 e. The number of amides is 1. The normalized spacial score (nSPS) is 18.7. The fourth-order valence-electron chi connectivity index (χ4n) is 2.65. The first-order valence-corrected chi connectivity index (χ1v) is 7.68. The minimum absolute atomic E-state index is 0.0871. The van der Waals surface area contributed by atoms with E-state index in [1.165, 1.54) is 0 Å². The molecular formula is C15H13ClF3N3O2. The van der Waals surface area contributed by atoms with Crippen LogP contribution in [-0.2, 0) is 6.18 Å². The van der Waals surface area contributed by atoms with Crippen LogP contribution in [0.25, 0.3) is 0 Å². The van der Waals surface area contributed by atoms with Gasteiger partial charge in [-0.2, -0.15) is 13.2 Å². The molecule has 0 radical (unpaired) electrons. The van der Waals surface area contributed by atoms with Gasteiger partial charge in [0.2, 0.25) is 5.89 Å². The largest absolute Gasteiger partial charge is 0.470 e. The second-order valence-corrected chi connectivity index (χ2v) is 5.98. The SMILES string of the molecule is O=C(c1ccc(Cl)cc1)N1CCCC(c2nnc(C(F)(F)F)o2)C1. The summed E-state index contributed by atoms with van der Waals surface area (Å²) < 4.78 is 42.4. The maximum atomic E-state index is 12.6. The highest BCUT2D eigenvalue weighted by atomic mass is 35.5. The maximum absolute atomic E-state index is 12.6. The third-order valence-corrected chi connectivity index (χ3v) is 4.08. The Morgan fingerprint density at radius 3 is 2.58 bits per heavy atom. The number of aromatic nitrogens is 2. The molecule has 1 amide bonds. The van der Waals surface area contributed by atoms with Gasteiger partial charge in [-0.1, -0.05) is 11.6 Å². The number of alkyl halides is 3. The third kappa shape index (κ3) is 3.53. The number of rotatable bonds is 2. The van der Waals surface area contributed by atoms with Crippen molar-refractivity contribution in [1.82, 2.24) is 15.1 Å². The molecule has 1 atom stereocenters. The zero-order chi connectivity index (χ0) is 17.3. The molecule has 9 heteroatoms. The van der Waals surface area contributed by atoms with E-state index in [0.29, 0.717) is 30.0 Å². The summed E-state index contributed by atoms with van der Waals surface area (Å²) in [5.74, 6) is -2.06. The molecule has 24 heavy (non-hydrogen) atoms. The quantitative estimate of drug-likeness (QED) is 0.819. The molecule has 1 unspecified atom stereocenters. The van der Waals surface area contributed by atoms with Gasteiger partial charge in [0.25, 0.3) is 5.91 Å². The molecule has 2 heterocycles. The summed E-state index contributed by atoms with van der Waals surface area (Å²) in [5.41, 5.74) is 0.474. The lowest BCUT2D eigenvalue weighted by Gasteiger charge is -2.31. The minimum atomic E-state index is -4.67. The van der Waals surface area contributed by atoms with Crippen molar-refractivity contribution >= 4 is 17.5 Å². The van der Waals surface area contributed by atoms with Crippen molar-refractivity contribution in [3.8, 4) is 0 Å². The van der Waals surface area contributed by atoms with E-state index in [1.807, 2.05) is 0 Å². The van der Waals surface area contributed by atoms with Crippen molar-refractivity contribution in [3.63, 3.8) is 0 Å². The van der Waals surface area contributed by atoms with Crippen LogP contribution in [0.5, 0.6) is 0 Å². The van der Waals surface area contributed by atoms with Gasteiger partial charge in [0.1, 0.15) is 0 Å². The van der Waals surface area contributed by atoms with Crippen LogP contribution in [0, 0.1) is 0 Å². The third-order valence-electron chi connectivity index (χ3n) is 3.83. The smallest absolute Gasteiger partial charge is 0.417 e. The molecular weight excluding hydrogens is 347 g/mol. The van der Waals surface area contributed by atoms with E-state index >= 15 is 0 Å². The van der Waals surface area contributed by atoms with E-state index in [2.05, 4.69) is 10.2 Å². The fraction of sp³-hybridized carbons (Fsp3) is 0.400. The van der Waals surface area contributed by atoms with Gasteiger partial charge in [0.15, 0.2) is 0 Å². The number of carbonyl (C=O) groups excluding carboxylic acids is 1. The highest BCUT2D eigenvalue weighted by Crippen LogP contribution is 2.32. The Morgan fingerprint density at radius 1 is 1.25 bits per heavy atom. The Kier molecular flexibility index (Phi) is 4.49. The number of halogens is 4. The van der Waals surface area contributed by atoms with Gasteiger partial charge in [-0.3, -0.25) is 4.79 Å². The molecule has 1 fully saturated rings. The number of hydrogen-bond donors (Lipinski definition) is 0. The van der Waals surface area contributed by atoms with Crippen molar-refractivity contribution in [1.29, 1.82) is 0 Å². The lowest BCUT2D eigenvalue weighted by Crippen LogP contribution is -2.39. The molecule has 128 valence electrons. The van der Waals surface area contributed by atoms with E-state index in [0.717, 1.165) is 0 Å². The standard InChI is InChI=1S/C15H13ClF3N3O2/c16-11-5-3-9(4-6-11)13(23)22-7-1-2-10(8-22)12-20-21-14(24-12)15(17,18)19/h3-6,10H,1-2,7-8H2. The van der Waals surface area contributed by atoms with Crippen LogP contribution in [0.3, 0.4) is 0 Å². The summed E-state index contributed by atoms with van der Waals surface area (Å²) in [6.45, 7) is 0.763. The van der Waals surface area contributed by atoms with Gasteiger partial charge in [0, 0.05) is 23.7 Å². The minimum Gasteiger partial charge on any atom is -0.417 e. The Morgan fingerprint density at radius 2 is 1.96 bits per heavy atom. The molecule has 1 saturated heterocycles. The monoisotopic (exact) mass is 359 g/mol. The van der Waals surface area contributed by atoms with E-state index in [1.54, 1.807) is 29.2 Å². The van der Waals surface area contributed by atoms with Crippen LogP contribution < -0.4 is 0 Å². The van der Waals surface area contributed by atoms with Crippen LogP contribution in [0.2, 0.25) is 5.02 Å². The van der Waals surface area contributed by atoms with Crippen molar-refractivity contribution in [2.45, 2.75) is 24.9 Å². The molecule has 0 bridgehead atoms. The predicted octanol–water partition coefficient (Wildman–Crippen LogP) is 3.76. The van der Waals surface area contributed by atoms with Crippen LogP contribution in [0.15, 0.2) is 28.7 Å². The van der Waals surface area contributed by atoms with E-state index < -0.39 is 18.0 Å². The Labute approximate surface area is 140 Å². The lowest BCUT2D eigenvalue weighted by molar-refractivity contribution is -0.157. The molecule has 3 rings (SSSR count). The molecule has 1 aromatic carbocycles. The number of piperidine rings is 1. The van der Waals surface area contributed by atoms with Crippen molar-refractivity contribution in [2.24, 2.45) is 0 Å². The summed E-state index contributed by atoms with van der Waals surface area (Å²) in [7, 11) is 0. The van der Waals surface area contributed by atoms with Crippen LogP contribution in [0.1, 0.15) is 40.9 Å². The highest BCUT2D eigenvalue weighted by molar-refractivity contribution is 6.30. The van der Waals surface area contributed by atoms with Gasteiger partial charge in [-0.15, -0.1) is 10.2 Å². The molecule has 0 aliphatic carbocycles. The zero-order valence-electron chi connectivity index (χ0n) is 12.4. The van der Waals surface area contributed by atoms with Gasteiger partial charge < -0.3 is 9.32 Å². The van der Waals surface area contributed by atoms with Crippen molar-refractivity contribution in [2.75, 3.05) is 13.1 Å². The summed E-state index contributed by atoms with van der Waals surface area (Å²) in [4.78, 5) is 14.1. The number of carbonyl (C=O) groups is 1. The molecule has 0 N–H and O–H groups in total. The number of likely N-dealkylation sites (tertiary alicyclic amines) is 1. The highest BCUT2D eigenvalue weighted by Gasteiger charge is 2.39. The molecule has 2 aromatic rings. The summed E-state index contributed by atoms with van der Waals surface area (Å²) in [5, 5.41) is 7.05. The average molecular weight is 360 g/mol. The average Bonchev–Trinajstić information content (AvgIpc) is 3.05. The number of benzene rings is 1. The molecule has 0 saturated carbocycles. The van der Waals surface area contributed by atoms with Crippen LogP contribution in [0.4, 0.5) is 13.2 Å². The molecule has 1 aliphatic rings. The first-order chi connectivity index (χ1) is 11.3. The van der Waals surface area contributed by atoms with Crippen molar-refractivity contribution in [3.05, 3.63) is 46.6 Å². The number of nitrogens with zero attached hydrogens (tertiary/aromatic N) is 3. The second kappa shape index (κ2) is 6.43. The summed E-state index contributed by atoms with van der Waals surface area (Å²) in [6.07, 6.45) is -3.43. The second-order valence-electron chi connectivity index (χ2n) is 5.54. The fourth-order valence-corrected chi connectivity index (χ4v) is 2.78. The van der Waals surface area contributed by atoms with Crippen LogP contribution >= 0.6 is 11.6 Å². The van der Waals surface area contributed by atoms with E-state index in [4.69, 9.17) is 16.0 Å². The Hall–Kier alpha value is -2.09. The molecule has 0 spiro atoms. The topological polar surface area (TPSA) is 59.2 Å². The first-order valence-electron chi connectivity index (χ1n) is 7.30. The van der Waals surface area contributed by atoms with Crippen molar-refractivity contribution < 1.29 is 22.4 Å². The Bertz CT molecular complexity index is 730. The summed E-state index contributed by atoms with van der Waals surface area (Å²) >= 11 is 5.80.